The van der Waals surface area contributed by atoms with E-state index in [2.05, 4.69) is 0 Å². The van der Waals surface area contributed by atoms with Gasteiger partial charge in [0, 0.05) is 19.0 Å². The fraction of sp³-hybridized carbons (Fsp3) is 0.800. The number of rotatable bonds is 2. The highest BCUT2D eigenvalue weighted by Gasteiger charge is 2.37. The maximum Gasteiger partial charge on any atom is 0.308 e. The Morgan fingerprint density at radius 2 is 1.93 bits per heavy atom. The second kappa shape index (κ2) is 3.98. The molecule has 1 saturated heterocycles. The quantitative estimate of drug-likeness (QED) is 0.716. The van der Waals surface area contributed by atoms with Crippen molar-refractivity contribution in [2.75, 3.05) is 13.1 Å². The van der Waals surface area contributed by atoms with Gasteiger partial charge in [-0.25, -0.2) is 0 Å². The van der Waals surface area contributed by atoms with Gasteiger partial charge < -0.3 is 10.0 Å². The topological polar surface area (TPSA) is 57.6 Å². The van der Waals surface area contributed by atoms with Crippen molar-refractivity contribution in [1.29, 1.82) is 0 Å². The first kappa shape index (κ1) is 11.0. The normalized spacial score (nSPS) is 27.0. The van der Waals surface area contributed by atoms with Crippen molar-refractivity contribution in [3.63, 3.8) is 0 Å². The molecule has 1 amide bonds. The van der Waals surface area contributed by atoms with Crippen molar-refractivity contribution in [3.8, 4) is 0 Å². The number of carboxylic acids is 1. The zero-order valence-corrected chi connectivity index (χ0v) is 8.86. The van der Waals surface area contributed by atoms with Gasteiger partial charge in [0.15, 0.2) is 0 Å². The number of nitrogens with zero attached hydrogens (tertiary/aromatic N) is 1. The molecule has 1 aliphatic heterocycles. The number of carbonyl (C=O) groups excluding carboxylic acids is 1. The van der Waals surface area contributed by atoms with Crippen LogP contribution in [0.25, 0.3) is 0 Å². The molecule has 2 atom stereocenters. The molecule has 1 heterocycles. The molecule has 4 heteroatoms. The first-order chi connectivity index (χ1) is 6.43. The number of amides is 1. The average molecular weight is 199 g/mol. The van der Waals surface area contributed by atoms with Crippen LogP contribution in [0.5, 0.6) is 0 Å². The molecule has 0 aromatic heterocycles. The number of hydrogen-bond donors (Lipinski definition) is 1. The molecule has 1 aliphatic rings. The fourth-order valence-electron chi connectivity index (χ4n) is 1.83. The first-order valence-corrected chi connectivity index (χ1v) is 4.95. The highest BCUT2D eigenvalue weighted by atomic mass is 16.4. The molecule has 0 aromatic rings. The lowest BCUT2D eigenvalue weighted by atomic mass is 9.99. The molecule has 0 aliphatic carbocycles. The summed E-state index contributed by atoms with van der Waals surface area (Å²) in [5.41, 5.74) is 0. The summed E-state index contributed by atoms with van der Waals surface area (Å²) in [4.78, 5) is 24.1. The Morgan fingerprint density at radius 3 is 2.29 bits per heavy atom. The maximum atomic E-state index is 11.6. The van der Waals surface area contributed by atoms with Gasteiger partial charge in [-0.2, -0.15) is 0 Å². The minimum Gasteiger partial charge on any atom is -0.481 e. The molecule has 0 radical (unpaired) electrons. The van der Waals surface area contributed by atoms with E-state index in [4.69, 9.17) is 5.11 Å². The van der Waals surface area contributed by atoms with Gasteiger partial charge in [0.2, 0.25) is 5.91 Å². The summed E-state index contributed by atoms with van der Waals surface area (Å²) in [5, 5.41) is 8.88. The van der Waals surface area contributed by atoms with Crippen molar-refractivity contribution in [2.45, 2.75) is 20.8 Å². The molecule has 1 rings (SSSR count). The van der Waals surface area contributed by atoms with Crippen LogP contribution in [0.15, 0.2) is 0 Å². The van der Waals surface area contributed by atoms with Gasteiger partial charge in [-0.05, 0) is 5.92 Å². The van der Waals surface area contributed by atoms with E-state index < -0.39 is 11.9 Å². The van der Waals surface area contributed by atoms with Gasteiger partial charge in [-0.3, -0.25) is 9.59 Å². The van der Waals surface area contributed by atoms with E-state index in [0.717, 1.165) is 0 Å². The smallest absolute Gasteiger partial charge is 0.308 e. The Hall–Kier alpha value is -1.06. The molecule has 1 N–H and O–H groups in total. The largest absolute Gasteiger partial charge is 0.481 e. The molecule has 0 bridgehead atoms. The third kappa shape index (κ3) is 2.05. The first-order valence-electron chi connectivity index (χ1n) is 4.95. The van der Waals surface area contributed by atoms with E-state index >= 15 is 0 Å². The molecule has 80 valence electrons. The molecular weight excluding hydrogens is 182 g/mol. The van der Waals surface area contributed by atoms with E-state index in [1.165, 1.54) is 0 Å². The van der Waals surface area contributed by atoms with Crippen LogP contribution in [0.3, 0.4) is 0 Å². The van der Waals surface area contributed by atoms with Crippen LogP contribution in [0, 0.1) is 17.8 Å². The lowest BCUT2D eigenvalue weighted by Crippen LogP contribution is -2.33. The summed E-state index contributed by atoms with van der Waals surface area (Å²) in [7, 11) is 0. The molecule has 0 aromatic carbocycles. The summed E-state index contributed by atoms with van der Waals surface area (Å²) in [5.74, 6) is -1.11. The van der Waals surface area contributed by atoms with Crippen LogP contribution >= 0.6 is 0 Å². The molecule has 0 spiro atoms. The van der Waals surface area contributed by atoms with Gasteiger partial charge in [0.25, 0.3) is 0 Å². The monoisotopic (exact) mass is 199 g/mol. The second-order valence-corrected chi connectivity index (χ2v) is 4.32. The lowest BCUT2D eigenvalue weighted by Gasteiger charge is -2.17. The van der Waals surface area contributed by atoms with E-state index in [9.17, 15) is 9.59 Å². The van der Waals surface area contributed by atoms with Gasteiger partial charge in [0.1, 0.15) is 0 Å². The summed E-state index contributed by atoms with van der Waals surface area (Å²) in [6.45, 7) is 6.50. The number of hydrogen-bond acceptors (Lipinski definition) is 2. The second-order valence-electron chi connectivity index (χ2n) is 4.32. The standard InChI is InChI=1S/C10H17NO3/c1-6(2)9(12)11-4-7(3)8(5-11)10(13)14/h6-8H,4-5H2,1-3H3,(H,13,14). The predicted octanol–water partition coefficient (Wildman–Crippen LogP) is 0.821. The summed E-state index contributed by atoms with van der Waals surface area (Å²) < 4.78 is 0. The van der Waals surface area contributed by atoms with Gasteiger partial charge in [-0.1, -0.05) is 20.8 Å². The number of carbonyl (C=O) groups is 2. The minimum atomic E-state index is -0.795. The van der Waals surface area contributed by atoms with Crippen LogP contribution in [0.4, 0.5) is 0 Å². The molecule has 0 saturated carbocycles. The van der Waals surface area contributed by atoms with Crippen molar-refractivity contribution in [3.05, 3.63) is 0 Å². The third-order valence-electron chi connectivity index (χ3n) is 2.74. The number of aliphatic carboxylic acids is 1. The van der Waals surface area contributed by atoms with Gasteiger partial charge >= 0.3 is 5.97 Å². The van der Waals surface area contributed by atoms with E-state index in [-0.39, 0.29) is 17.7 Å². The Bertz CT molecular complexity index is 250. The lowest BCUT2D eigenvalue weighted by molar-refractivity contribution is -0.142. The SMILES string of the molecule is CC(C)C(=O)N1CC(C)C(C(=O)O)C1. The summed E-state index contributed by atoms with van der Waals surface area (Å²) >= 11 is 0. The zero-order chi connectivity index (χ0) is 10.9. The highest BCUT2D eigenvalue weighted by molar-refractivity contribution is 5.80. The predicted molar refractivity (Wildman–Crippen MR) is 51.7 cm³/mol. The zero-order valence-electron chi connectivity index (χ0n) is 8.86. The van der Waals surface area contributed by atoms with E-state index in [1.54, 1.807) is 4.90 Å². The molecule has 2 unspecified atom stereocenters. The Kier molecular flexibility index (Phi) is 3.13. The molecule has 4 nitrogen and oxygen atoms in total. The number of carboxylic acid groups (broad SMARTS) is 1. The number of likely N-dealkylation sites (tertiary alicyclic amines) is 1. The highest BCUT2D eigenvalue weighted by Crippen LogP contribution is 2.24. The molecular formula is C10H17NO3. The van der Waals surface area contributed by atoms with Crippen molar-refractivity contribution in [1.82, 2.24) is 4.90 Å². The Balaban J connectivity index is 2.63. The maximum absolute atomic E-state index is 11.6. The minimum absolute atomic E-state index is 0.0465. The van der Waals surface area contributed by atoms with E-state index in [0.29, 0.717) is 13.1 Å². The van der Waals surface area contributed by atoms with Crippen LogP contribution in [0.1, 0.15) is 20.8 Å². The van der Waals surface area contributed by atoms with Crippen molar-refractivity contribution >= 4 is 11.9 Å². The van der Waals surface area contributed by atoms with Crippen LogP contribution in [-0.4, -0.2) is 35.0 Å². The van der Waals surface area contributed by atoms with Crippen LogP contribution < -0.4 is 0 Å². The third-order valence-corrected chi connectivity index (χ3v) is 2.74. The van der Waals surface area contributed by atoms with Gasteiger partial charge in [0.05, 0.1) is 5.92 Å². The van der Waals surface area contributed by atoms with Crippen LogP contribution in [0.2, 0.25) is 0 Å². The fourth-order valence-corrected chi connectivity index (χ4v) is 1.83. The van der Waals surface area contributed by atoms with Crippen molar-refractivity contribution < 1.29 is 14.7 Å². The summed E-state index contributed by atoms with van der Waals surface area (Å²) in [6, 6.07) is 0. The van der Waals surface area contributed by atoms with Gasteiger partial charge in [-0.15, -0.1) is 0 Å². The Labute approximate surface area is 83.9 Å². The molecule has 14 heavy (non-hydrogen) atoms. The average Bonchev–Trinajstić information content (AvgIpc) is 2.45. The molecule has 1 fully saturated rings. The van der Waals surface area contributed by atoms with E-state index in [1.807, 2.05) is 20.8 Å². The van der Waals surface area contributed by atoms with Crippen molar-refractivity contribution in [2.24, 2.45) is 17.8 Å². The Morgan fingerprint density at radius 1 is 1.36 bits per heavy atom. The van der Waals surface area contributed by atoms with Crippen LogP contribution in [-0.2, 0) is 9.59 Å². The summed E-state index contributed by atoms with van der Waals surface area (Å²) in [6.07, 6.45) is 0.